The van der Waals surface area contributed by atoms with Crippen molar-refractivity contribution in [2.45, 2.75) is 24.5 Å². The Morgan fingerprint density at radius 3 is 2.40 bits per heavy atom. The fourth-order valence-electron chi connectivity index (χ4n) is 2.60. The van der Waals surface area contributed by atoms with Gasteiger partial charge in [0.2, 0.25) is 0 Å². The molecule has 0 fully saturated rings. The zero-order chi connectivity index (χ0) is 15.1. The molecule has 0 saturated carbocycles. The minimum Gasteiger partial charge on any atom is -0.374 e. The van der Waals surface area contributed by atoms with Gasteiger partial charge >= 0.3 is 6.18 Å². The lowest BCUT2D eigenvalue weighted by Crippen LogP contribution is -2.44. The predicted octanol–water partition coefficient (Wildman–Crippen LogP) is 2.72. The molecule has 1 N–H and O–H groups in total. The Kier molecular flexibility index (Phi) is 4.00. The van der Waals surface area contributed by atoms with Crippen LogP contribution in [-0.2, 0) is 0 Å². The molecule has 2 heterocycles. The van der Waals surface area contributed by atoms with E-state index in [1.54, 1.807) is 24.0 Å². The van der Waals surface area contributed by atoms with Crippen LogP contribution in [0.1, 0.15) is 6.92 Å². The molecule has 0 saturated heterocycles. The quantitative estimate of drug-likeness (QED) is 0.845. The third-order valence-corrected chi connectivity index (χ3v) is 4.68. The Bertz CT molecular complexity index is 482. The Morgan fingerprint density at radius 1 is 1.30 bits per heavy atom. The molecular weight excluding hydrogens is 287 g/mol. The standard InChI is InChI=1S/C13H18F3N3S/c1-8-5-9(6-18(3)11(8)13(14,15)16)12-19(4)10(17-2)7-20-12/h5-7,11-12,17H,1-4H3. The van der Waals surface area contributed by atoms with E-state index in [1.165, 1.54) is 18.9 Å². The smallest absolute Gasteiger partial charge is 0.374 e. The predicted molar refractivity (Wildman–Crippen MR) is 75.7 cm³/mol. The molecule has 3 nitrogen and oxygen atoms in total. The Morgan fingerprint density at radius 2 is 1.95 bits per heavy atom. The monoisotopic (exact) mass is 305 g/mol. The SMILES string of the molecule is CNC1=CSC(C2=CN(C)C(C(F)(F)F)C(C)=C2)N1C. The van der Waals surface area contributed by atoms with Gasteiger partial charge in [-0.3, -0.25) is 0 Å². The third-order valence-electron chi connectivity index (χ3n) is 3.48. The number of rotatable bonds is 2. The van der Waals surface area contributed by atoms with Crippen LogP contribution in [-0.4, -0.2) is 48.5 Å². The minimum absolute atomic E-state index is 0.00373. The molecule has 7 heteroatoms. The van der Waals surface area contributed by atoms with Crippen molar-refractivity contribution in [3.05, 3.63) is 34.7 Å². The number of nitrogens with zero attached hydrogens (tertiary/aromatic N) is 2. The van der Waals surface area contributed by atoms with Crippen LogP contribution in [0.2, 0.25) is 0 Å². The topological polar surface area (TPSA) is 18.5 Å². The van der Waals surface area contributed by atoms with Crippen molar-refractivity contribution in [1.29, 1.82) is 0 Å². The highest BCUT2D eigenvalue weighted by Crippen LogP contribution is 2.38. The first-order valence-corrected chi connectivity index (χ1v) is 7.14. The lowest BCUT2D eigenvalue weighted by molar-refractivity contribution is -0.164. The first-order valence-electron chi connectivity index (χ1n) is 6.20. The van der Waals surface area contributed by atoms with Gasteiger partial charge in [0.25, 0.3) is 0 Å². The van der Waals surface area contributed by atoms with Crippen molar-refractivity contribution < 1.29 is 13.2 Å². The van der Waals surface area contributed by atoms with E-state index in [0.29, 0.717) is 5.57 Å². The van der Waals surface area contributed by atoms with Crippen LogP contribution in [0.4, 0.5) is 13.2 Å². The van der Waals surface area contributed by atoms with Gasteiger partial charge in [0.1, 0.15) is 17.2 Å². The molecule has 2 atom stereocenters. The molecule has 2 aliphatic rings. The van der Waals surface area contributed by atoms with Crippen molar-refractivity contribution in [2.75, 3.05) is 21.1 Å². The number of likely N-dealkylation sites (N-methyl/N-ethyl adjacent to an activating group) is 2. The summed E-state index contributed by atoms with van der Waals surface area (Å²) in [6, 6.07) is -1.53. The van der Waals surface area contributed by atoms with Gasteiger partial charge in [-0.15, -0.1) is 11.8 Å². The largest absolute Gasteiger partial charge is 0.412 e. The molecule has 0 aromatic heterocycles. The number of nitrogens with one attached hydrogen (secondary N) is 1. The van der Waals surface area contributed by atoms with Gasteiger partial charge in [-0.25, -0.2) is 0 Å². The summed E-state index contributed by atoms with van der Waals surface area (Å²) in [5.41, 5.74) is 1.20. The Balaban J connectivity index is 2.22. The van der Waals surface area contributed by atoms with Crippen LogP contribution < -0.4 is 5.32 Å². The molecule has 2 aliphatic heterocycles. The maximum absolute atomic E-state index is 13.0. The van der Waals surface area contributed by atoms with Crippen molar-refractivity contribution in [2.24, 2.45) is 0 Å². The van der Waals surface area contributed by atoms with Crippen LogP contribution in [0.15, 0.2) is 34.7 Å². The van der Waals surface area contributed by atoms with Gasteiger partial charge in [0.05, 0.1) is 0 Å². The number of halogens is 3. The van der Waals surface area contributed by atoms with E-state index in [0.717, 1.165) is 11.4 Å². The highest BCUT2D eigenvalue weighted by molar-refractivity contribution is 8.03. The zero-order valence-corrected chi connectivity index (χ0v) is 12.6. The lowest BCUT2D eigenvalue weighted by Gasteiger charge is -2.36. The van der Waals surface area contributed by atoms with Gasteiger partial charge in [-0.2, -0.15) is 13.2 Å². The minimum atomic E-state index is -4.25. The molecule has 20 heavy (non-hydrogen) atoms. The van der Waals surface area contributed by atoms with Gasteiger partial charge in [0, 0.05) is 38.3 Å². The number of hydrogen-bond donors (Lipinski definition) is 1. The fraction of sp³-hybridized carbons (Fsp3) is 0.538. The molecule has 0 aromatic carbocycles. The molecular formula is C13H18F3N3S. The van der Waals surface area contributed by atoms with Crippen LogP contribution in [0, 0.1) is 0 Å². The number of thioether (sulfide) groups is 1. The average molecular weight is 305 g/mol. The molecule has 0 radical (unpaired) electrons. The first kappa shape index (κ1) is 15.2. The number of hydrogen-bond acceptors (Lipinski definition) is 4. The van der Waals surface area contributed by atoms with Gasteiger partial charge < -0.3 is 15.1 Å². The van der Waals surface area contributed by atoms with Gasteiger partial charge in [-0.05, 0) is 12.5 Å². The average Bonchev–Trinajstić information content (AvgIpc) is 2.67. The molecule has 112 valence electrons. The molecule has 0 aromatic rings. The highest BCUT2D eigenvalue weighted by atomic mass is 32.2. The maximum Gasteiger partial charge on any atom is 0.412 e. The summed E-state index contributed by atoms with van der Waals surface area (Å²) in [7, 11) is 5.22. The third kappa shape index (κ3) is 2.63. The summed E-state index contributed by atoms with van der Waals surface area (Å²) >= 11 is 1.58. The van der Waals surface area contributed by atoms with Crippen molar-refractivity contribution in [1.82, 2.24) is 15.1 Å². The summed E-state index contributed by atoms with van der Waals surface area (Å²) in [4.78, 5) is 3.26. The van der Waals surface area contributed by atoms with Crippen LogP contribution in [0.3, 0.4) is 0 Å². The second-order valence-electron chi connectivity index (χ2n) is 4.98. The van der Waals surface area contributed by atoms with Crippen molar-refractivity contribution in [3.8, 4) is 0 Å². The summed E-state index contributed by atoms with van der Waals surface area (Å²) in [6.45, 7) is 1.54. The molecule has 2 rings (SSSR count). The summed E-state index contributed by atoms with van der Waals surface area (Å²) in [5.74, 6) is 0.965. The van der Waals surface area contributed by atoms with Gasteiger partial charge in [-0.1, -0.05) is 6.08 Å². The lowest BCUT2D eigenvalue weighted by atomic mass is 10.00. The second-order valence-corrected chi connectivity index (χ2v) is 5.93. The van der Waals surface area contributed by atoms with E-state index in [1.807, 2.05) is 24.4 Å². The molecule has 0 bridgehead atoms. The van der Waals surface area contributed by atoms with E-state index in [9.17, 15) is 13.2 Å². The van der Waals surface area contributed by atoms with E-state index in [-0.39, 0.29) is 5.37 Å². The normalized spacial score (nSPS) is 27.2. The van der Waals surface area contributed by atoms with Gasteiger partial charge in [0.15, 0.2) is 0 Å². The van der Waals surface area contributed by atoms with E-state index >= 15 is 0 Å². The van der Waals surface area contributed by atoms with E-state index in [2.05, 4.69) is 5.32 Å². The molecule has 0 spiro atoms. The Labute approximate surface area is 121 Å². The zero-order valence-electron chi connectivity index (χ0n) is 11.8. The van der Waals surface area contributed by atoms with Crippen LogP contribution in [0.5, 0.6) is 0 Å². The Hall–Kier alpha value is -1.24. The van der Waals surface area contributed by atoms with Crippen LogP contribution in [0.25, 0.3) is 0 Å². The van der Waals surface area contributed by atoms with Crippen molar-refractivity contribution >= 4 is 11.8 Å². The maximum atomic E-state index is 13.0. The highest BCUT2D eigenvalue weighted by Gasteiger charge is 2.44. The summed E-state index contributed by atoms with van der Waals surface area (Å²) in [5, 5.41) is 5.04. The van der Waals surface area contributed by atoms with Crippen LogP contribution >= 0.6 is 11.8 Å². The molecule has 0 amide bonds. The first-order chi connectivity index (χ1) is 9.25. The summed E-state index contributed by atoms with van der Waals surface area (Å²) < 4.78 is 39.0. The second kappa shape index (κ2) is 5.27. The van der Waals surface area contributed by atoms with E-state index < -0.39 is 12.2 Å². The summed E-state index contributed by atoms with van der Waals surface area (Å²) in [6.07, 6.45) is -1.01. The molecule has 2 unspecified atom stereocenters. The number of alkyl halides is 3. The fourth-order valence-corrected chi connectivity index (χ4v) is 3.73. The van der Waals surface area contributed by atoms with E-state index in [4.69, 9.17) is 0 Å². The molecule has 0 aliphatic carbocycles. The van der Waals surface area contributed by atoms with Crippen molar-refractivity contribution in [3.63, 3.8) is 0 Å².